The smallest absolute Gasteiger partial charge is 0.0586 e. The van der Waals surface area contributed by atoms with Crippen LogP contribution in [0.5, 0.6) is 0 Å². The Hall–Kier alpha value is -0.570. The van der Waals surface area contributed by atoms with Gasteiger partial charge in [-0.05, 0) is 50.3 Å². The molecule has 1 N–H and O–H groups in total. The quantitative estimate of drug-likeness (QED) is 0.892. The molecule has 1 aromatic carbocycles. The van der Waals surface area contributed by atoms with E-state index in [9.17, 15) is 0 Å². The van der Waals surface area contributed by atoms with Gasteiger partial charge in [0.15, 0.2) is 0 Å². The third-order valence-corrected chi connectivity index (χ3v) is 4.07. The minimum absolute atomic E-state index is 0.364. The SMILES string of the molecule is COC1CCCC(N[C@H](C)c2ccc(Cl)cc2)C1. The summed E-state index contributed by atoms with van der Waals surface area (Å²) < 4.78 is 5.47. The summed E-state index contributed by atoms with van der Waals surface area (Å²) in [4.78, 5) is 0. The second-order valence-corrected chi connectivity index (χ2v) is 5.60. The zero-order valence-corrected chi connectivity index (χ0v) is 11.9. The summed E-state index contributed by atoms with van der Waals surface area (Å²) in [7, 11) is 1.82. The molecule has 2 nitrogen and oxygen atoms in total. The molecular formula is C15H22ClNO. The van der Waals surface area contributed by atoms with Crippen molar-refractivity contribution in [3.05, 3.63) is 34.9 Å². The monoisotopic (exact) mass is 267 g/mol. The minimum Gasteiger partial charge on any atom is -0.381 e. The molecule has 3 heteroatoms. The second-order valence-electron chi connectivity index (χ2n) is 5.16. The number of benzene rings is 1. The molecule has 100 valence electrons. The zero-order valence-electron chi connectivity index (χ0n) is 11.2. The van der Waals surface area contributed by atoms with Crippen molar-refractivity contribution < 1.29 is 4.74 Å². The van der Waals surface area contributed by atoms with Gasteiger partial charge in [0.2, 0.25) is 0 Å². The van der Waals surface area contributed by atoms with Crippen LogP contribution in [0.1, 0.15) is 44.2 Å². The molecule has 0 spiro atoms. The highest BCUT2D eigenvalue weighted by atomic mass is 35.5. The van der Waals surface area contributed by atoms with Gasteiger partial charge in [0.25, 0.3) is 0 Å². The summed E-state index contributed by atoms with van der Waals surface area (Å²) in [5.41, 5.74) is 1.29. The van der Waals surface area contributed by atoms with E-state index in [1.165, 1.54) is 24.8 Å². The first-order valence-electron chi connectivity index (χ1n) is 6.73. The van der Waals surface area contributed by atoms with Crippen LogP contribution in [0.4, 0.5) is 0 Å². The molecule has 0 radical (unpaired) electrons. The Morgan fingerprint density at radius 1 is 1.28 bits per heavy atom. The van der Waals surface area contributed by atoms with Crippen molar-refractivity contribution in [3.8, 4) is 0 Å². The van der Waals surface area contributed by atoms with Crippen molar-refractivity contribution >= 4 is 11.6 Å². The predicted octanol–water partition coefficient (Wildman–Crippen LogP) is 3.95. The average Bonchev–Trinajstić information content (AvgIpc) is 2.39. The number of hydrogen-bond acceptors (Lipinski definition) is 2. The maximum Gasteiger partial charge on any atom is 0.0586 e. The Labute approximate surface area is 115 Å². The van der Waals surface area contributed by atoms with E-state index in [-0.39, 0.29) is 0 Å². The Morgan fingerprint density at radius 2 is 2.00 bits per heavy atom. The van der Waals surface area contributed by atoms with Crippen molar-refractivity contribution in [3.63, 3.8) is 0 Å². The predicted molar refractivity (Wildman–Crippen MR) is 76.1 cm³/mol. The first-order chi connectivity index (χ1) is 8.69. The molecular weight excluding hydrogens is 246 g/mol. The third kappa shape index (κ3) is 3.71. The Bertz CT molecular complexity index is 365. The average molecular weight is 268 g/mol. The lowest BCUT2D eigenvalue weighted by atomic mass is 9.92. The van der Waals surface area contributed by atoms with Gasteiger partial charge in [-0.15, -0.1) is 0 Å². The van der Waals surface area contributed by atoms with Gasteiger partial charge in [0.05, 0.1) is 6.10 Å². The van der Waals surface area contributed by atoms with Gasteiger partial charge >= 0.3 is 0 Å². The van der Waals surface area contributed by atoms with Crippen LogP contribution in [0.25, 0.3) is 0 Å². The van der Waals surface area contributed by atoms with Gasteiger partial charge < -0.3 is 10.1 Å². The standard InChI is InChI=1S/C15H22ClNO/c1-11(12-6-8-13(16)9-7-12)17-14-4-3-5-15(10-14)18-2/h6-9,11,14-15,17H,3-5,10H2,1-2H3/t11-,14?,15?/m1/s1. The van der Waals surface area contributed by atoms with E-state index in [0.29, 0.717) is 18.2 Å². The van der Waals surface area contributed by atoms with Crippen LogP contribution >= 0.6 is 11.6 Å². The van der Waals surface area contributed by atoms with Gasteiger partial charge in [0.1, 0.15) is 0 Å². The third-order valence-electron chi connectivity index (χ3n) is 3.82. The number of ether oxygens (including phenoxy) is 1. The van der Waals surface area contributed by atoms with Gasteiger partial charge in [0, 0.05) is 24.2 Å². The highest BCUT2D eigenvalue weighted by Crippen LogP contribution is 2.24. The van der Waals surface area contributed by atoms with Crippen LogP contribution in [-0.4, -0.2) is 19.3 Å². The highest BCUT2D eigenvalue weighted by Gasteiger charge is 2.22. The first-order valence-corrected chi connectivity index (χ1v) is 7.11. The molecule has 0 amide bonds. The van der Waals surface area contributed by atoms with Crippen LogP contribution in [0, 0.1) is 0 Å². The molecule has 0 bridgehead atoms. The molecule has 0 aliphatic heterocycles. The van der Waals surface area contributed by atoms with E-state index in [1.807, 2.05) is 19.2 Å². The Balaban J connectivity index is 1.90. The van der Waals surface area contributed by atoms with Crippen molar-refractivity contribution in [1.29, 1.82) is 0 Å². The fourth-order valence-corrected chi connectivity index (χ4v) is 2.84. The molecule has 1 aliphatic carbocycles. The lowest BCUT2D eigenvalue weighted by molar-refractivity contribution is 0.0572. The molecule has 0 aromatic heterocycles. The molecule has 0 saturated heterocycles. The summed E-state index contributed by atoms with van der Waals surface area (Å²) in [6.07, 6.45) is 5.24. The fraction of sp³-hybridized carbons (Fsp3) is 0.600. The lowest BCUT2D eigenvalue weighted by Gasteiger charge is -2.31. The molecule has 1 aliphatic rings. The van der Waals surface area contributed by atoms with E-state index >= 15 is 0 Å². The second kappa shape index (κ2) is 6.55. The molecule has 1 saturated carbocycles. The van der Waals surface area contributed by atoms with Crippen LogP contribution in [0.2, 0.25) is 5.02 Å². The first kappa shape index (κ1) is 13.9. The van der Waals surface area contributed by atoms with Gasteiger partial charge in [-0.2, -0.15) is 0 Å². The summed E-state index contributed by atoms with van der Waals surface area (Å²) in [5, 5.41) is 4.49. The normalized spacial score (nSPS) is 25.9. The zero-order chi connectivity index (χ0) is 13.0. The molecule has 18 heavy (non-hydrogen) atoms. The molecule has 3 atom stereocenters. The Morgan fingerprint density at radius 3 is 2.67 bits per heavy atom. The molecule has 2 unspecified atom stereocenters. The van der Waals surface area contributed by atoms with Gasteiger partial charge in [-0.1, -0.05) is 23.7 Å². The van der Waals surface area contributed by atoms with E-state index in [0.717, 1.165) is 11.4 Å². The lowest BCUT2D eigenvalue weighted by Crippen LogP contribution is -2.38. The van der Waals surface area contributed by atoms with E-state index in [4.69, 9.17) is 16.3 Å². The van der Waals surface area contributed by atoms with Crippen LogP contribution in [0.15, 0.2) is 24.3 Å². The van der Waals surface area contributed by atoms with Crippen LogP contribution in [0.3, 0.4) is 0 Å². The molecule has 2 rings (SSSR count). The van der Waals surface area contributed by atoms with Crippen LogP contribution < -0.4 is 5.32 Å². The summed E-state index contributed by atoms with van der Waals surface area (Å²) >= 11 is 5.91. The summed E-state index contributed by atoms with van der Waals surface area (Å²) in [6, 6.07) is 9.02. The van der Waals surface area contributed by atoms with Gasteiger partial charge in [-0.3, -0.25) is 0 Å². The molecule has 1 aromatic rings. The van der Waals surface area contributed by atoms with E-state index in [1.54, 1.807) is 0 Å². The number of nitrogens with one attached hydrogen (secondary N) is 1. The van der Waals surface area contributed by atoms with Crippen molar-refractivity contribution in [1.82, 2.24) is 5.32 Å². The number of rotatable bonds is 4. The highest BCUT2D eigenvalue weighted by molar-refractivity contribution is 6.30. The summed E-state index contributed by atoms with van der Waals surface area (Å²) in [6.45, 7) is 2.21. The van der Waals surface area contributed by atoms with E-state index < -0.39 is 0 Å². The summed E-state index contributed by atoms with van der Waals surface area (Å²) in [5.74, 6) is 0. The van der Waals surface area contributed by atoms with Gasteiger partial charge in [-0.25, -0.2) is 0 Å². The van der Waals surface area contributed by atoms with Crippen molar-refractivity contribution in [2.24, 2.45) is 0 Å². The largest absolute Gasteiger partial charge is 0.381 e. The van der Waals surface area contributed by atoms with E-state index in [2.05, 4.69) is 24.4 Å². The number of halogens is 1. The number of hydrogen-bond donors (Lipinski definition) is 1. The fourth-order valence-electron chi connectivity index (χ4n) is 2.71. The van der Waals surface area contributed by atoms with Crippen molar-refractivity contribution in [2.75, 3.05) is 7.11 Å². The Kier molecular flexibility index (Phi) is 5.04. The van der Waals surface area contributed by atoms with Crippen molar-refractivity contribution in [2.45, 2.75) is 50.8 Å². The maximum absolute atomic E-state index is 5.91. The maximum atomic E-state index is 5.91. The molecule has 1 fully saturated rings. The minimum atomic E-state index is 0.364. The topological polar surface area (TPSA) is 21.3 Å². The van der Waals surface area contributed by atoms with Crippen LogP contribution in [-0.2, 0) is 4.74 Å². The number of methoxy groups -OCH3 is 1. The molecule has 0 heterocycles.